The fraction of sp³-hybridized carbons (Fsp3) is 0.276. The minimum Gasteiger partial charge on any atom is -0.497 e. The number of hydrogen-bond acceptors (Lipinski definition) is 6. The summed E-state index contributed by atoms with van der Waals surface area (Å²) in [7, 11) is 1.56. The first-order valence-electron chi connectivity index (χ1n) is 12.1. The van der Waals surface area contributed by atoms with Crippen LogP contribution < -0.4 is 9.64 Å². The number of halogens is 1. The molecule has 1 aliphatic carbocycles. The van der Waals surface area contributed by atoms with Crippen molar-refractivity contribution in [2.45, 2.75) is 31.6 Å². The van der Waals surface area contributed by atoms with Crippen LogP contribution in [0.1, 0.15) is 42.0 Å². The molecule has 6 nitrogen and oxygen atoms in total. The molecule has 0 spiro atoms. The summed E-state index contributed by atoms with van der Waals surface area (Å²) < 4.78 is 24.5. The predicted molar refractivity (Wildman–Crippen MR) is 138 cm³/mol. The average Bonchev–Trinajstić information content (AvgIpc) is 3.44. The van der Waals surface area contributed by atoms with Crippen molar-refractivity contribution >= 4 is 34.7 Å². The number of methoxy groups -OCH3 is 1. The van der Waals surface area contributed by atoms with Crippen molar-refractivity contribution in [1.82, 2.24) is 0 Å². The van der Waals surface area contributed by atoms with Crippen molar-refractivity contribution in [3.05, 3.63) is 93.6 Å². The van der Waals surface area contributed by atoms with Crippen LogP contribution in [0.25, 0.3) is 0 Å². The van der Waals surface area contributed by atoms with Crippen molar-refractivity contribution in [2.24, 2.45) is 5.92 Å². The Labute approximate surface area is 218 Å². The molecular formula is C29H26FNO5S. The molecule has 1 aliphatic heterocycles. The number of allylic oxidation sites excluding steroid dienone is 2. The Hall–Kier alpha value is -3.78. The Morgan fingerprint density at radius 3 is 2.54 bits per heavy atom. The number of nitrogens with zero attached hydrogens (tertiary/aromatic N) is 1. The lowest BCUT2D eigenvalue weighted by Crippen LogP contribution is -2.46. The van der Waals surface area contributed by atoms with Gasteiger partial charge >= 0.3 is 5.97 Å². The fourth-order valence-electron chi connectivity index (χ4n) is 5.33. The third-order valence-corrected chi connectivity index (χ3v) is 7.96. The second kappa shape index (κ2) is 10.3. The molecule has 37 heavy (non-hydrogen) atoms. The number of carbonyl (C=O) groups excluding carboxylic acids is 3. The zero-order valence-corrected chi connectivity index (χ0v) is 21.3. The Morgan fingerprint density at radius 1 is 1.08 bits per heavy atom. The molecule has 1 amide bonds. The molecule has 190 valence electrons. The van der Waals surface area contributed by atoms with Gasteiger partial charge in [-0.2, -0.15) is 0 Å². The van der Waals surface area contributed by atoms with Crippen LogP contribution >= 0.6 is 11.3 Å². The van der Waals surface area contributed by atoms with E-state index in [0.29, 0.717) is 22.7 Å². The van der Waals surface area contributed by atoms with Gasteiger partial charge in [0.2, 0.25) is 5.91 Å². The molecule has 0 fully saturated rings. The molecule has 2 aromatic carbocycles. The van der Waals surface area contributed by atoms with E-state index >= 15 is 0 Å². The lowest BCUT2D eigenvalue weighted by Gasteiger charge is -2.42. The highest BCUT2D eigenvalue weighted by molar-refractivity contribution is 7.10. The normalized spacial score (nSPS) is 21.6. The third kappa shape index (κ3) is 4.57. The van der Waals surface area contributed by atoms with Crippen LogP contribution in [0.5, 0.6) is 5.75 Å². The maximum atomic E-state index is 14.3. The summed E-state index contributed by atoms with van der Waals surface area (Å²) in [5.74, 6) is -2.98. The molecule has 0 saturated heterocycles. The number of esters is 1. The summed E-state index contributed by atoms with van der Waals surface area (Å²) in [5.41, 5.74) is 2.20. The minimum atomic E-state index is -1.02. The van der Waals surface area contributed by atoms with Gasteiger partial charge in [-0.1, -0.05) is 18.2 Å². The lowest BCUT2D eigenvalue weighted by atomic mass is 9.69. The number of ketones is 1. The zero-order chi connectivity index (χ0) is 26.1. The summed E-state index contributed by atoms with van der Waals surface area (Å²) in [6.45, 7) is 1.87. The molecule has 3 atom stereocenters. The van der Waals surface area contributed by atoms with Crippen molar-refractivity contribution in [1.29, 1.82) is 0 Å². The number of thiophene rings is 1. The molecule has 0 N–H and O–H groups in total. The number of amides is 1. The zero-order valence-electron chi connectivity index (χ0n) is 20.5. The number of ether oxygens (including phenoxy) is 2. The van der Waals surface area contributed by atoms with Crippen LogP contribution in [0.15, 0.2) is 77.3 Å². The van der Waals surface area contributed by atoms with Crippen LogP contribution in [0, 0.1) is 11.7 Å². The molecule has 0 bridgehead atoms. The first kappa shape index (κ1) is 24.9. The molecule has 3 aromatic rings. The largest absolute Gasteiger partial charge is 0.497 e. The summed E-state index contributed by atoms with van der Waals surface area (Å²) in [6, 6.07) is 16.7. The van der Waals surface area contributed by atoms with E-state index in [1.54, 1.807) is 20.1 Å². The van der Waals surface area contributed by atoms with E-state index in [1.165, 1.54) is 40.5 Å². The SMILES string of the molecule is CCOC(=O)[C@H]1C(=O)C2=C(C[C@@H]1c1cccs1)N(c1ccc(F)cc1)C(=O)C[C@H]2c1cccc(OC)c1. The van der Waals surface area contributed by atoms with Crippen molar-refractivity contribution in [2.75, 3.05) is 18.6 Å². The average molecular weight is 520 g/mol. The van der Waals surface area contributed by atoms with Crippen LogP contribution in [0.3, 0.4) is 0 Å². The number of Topliss-reactive ketones (excluding diaryl/α,β-unsaturated/α-hetero) is 1. The maximum absolute atomic E-state index is 14.3. The van der Waals surface area contributed by atoms with Gasteiger partial charge in [0.05, 0.1) is 13.7 Å². The first-order chi connectivity index (χ1) is 17.9. The number of carbonyl (C=O) groups is 3. The van der Waals surface area contributed by atoms with E-state index in [9.17, 15) is 18.8 Å². The predicted octanol–water partition coefficient (Wildman–Crippen LogP) is 5.61. The van der Waals surface area contributed by atoms with E-state index in [2.05, 4.69) is 0 Å². The summed E-state index contributed by atoms with van der Waals surface area (Å²) >= 11 is 1.46. The highest BCUT2D eigenvalue weighted by Gasteiger charge is 2.50. The van der Waals surface area contributed by atoms with Gasteiger partial charge in [0.25, 0.3) is 0 Å². The monoisotopic (exact) mass is 519 g/mol. The lowest BCUT2D eigenvalue weighted by molar-refractivity contribution is -0.152. The van der Waals surface area contributed by atoms with E-state index in [4.69, 9.17) is 9.47 Å². The van der Waals surface area contributed by atoms with Crippen molar-refractivity contribution in [3.63, 3.8) is 0 Å². The highest BCUT2D eigenvalue weighted by atomic mass is 32.1. The molecule has 2 heterocycles. The van der Waals surface area contributed by atoms with E-state index < -0.39 is 29.5 Å². The van der Waals surface area contributed by atoms with E-state index in [-0.39, 0.29) is 31.1 Å². The van der Waals surface area contributed by atoms with Gasteiger partial charge in [0, 0.05) is 40.1 Å². The smallest absolute Gasteiger partial charge is 0.317 e. The number of rotatable bonds is 6. The van der Waals surface area contributed by atoms with Crippen LogP contribution in [0.4, 0.5) is 10.1 Å². The Kier molecular flexibility index (Phi) is 6.93. The van der Waals surface area contributed by atoms with Crippen molar-refractivity contribution in [3.8, 4) is 5.75 Å². The molecule has 1 aromatic heterocycles. The van der Waals surface area contributed by atoms with E-state index in [1.807, 2.05) is 35.7 Å². The van der Waals surface area contributed by atoms with Gasteiger partial charge < -0.3 is 9.47 Å². The number of hydrogen-bond donors (Lipinski definition) is 0. The molecule has 2 aliphatic rings. The van der Waals surface area contributed by atoms with Crippen LogP contribution in [-0.4, -0.2) is 31.4 Å². The molecule has 0 saturated carbocycles. The highest BCUT2D eigenvalue weighted by Crippen LogP contribution is 2.50. The van der Waals surface area contributed by atoms with Crippen LogP contribution in [0.2, 0.25) is 0 Å². The number of benzene rings is 2. The summed E-state index contributed by atoms with van der Waals surface area (Å²) in [4.78, 5) is 43.5. The minimum absolute atomic E-state index is 0.0222. The Bertz CT molecular complexity index is 1370. The second-order valence-corrected chi connectivity index (χ2v) is 10.00. The third-order valence-electron chi connectivity index (χ3n) is 6.95. The van der Waals surface area contributed by atoms with Crippen molar-refractivity contribution < 1.29 is 28.2 Å². The molecule has 8 heteroatoms. The first-order valence-corrected chi connectivity index (χ1v) is 13.0. The molecular weight excluding hydrogens is 493 g/mol. The standard InChI is InChI=1S/C29H26FNO5S/c1-3-36-29(34)27-22(24-8-5-13-37-24)15-23-26(28(27)33)21(17-6-4-7-20(14-17)35-2)16-25(32)31(23)19-11-9-18(30)10-12-19/h4-14,21-22,27H,3,15-16H2,1-2H3/t21-,22+,27+/m0/s1. The van der Waals surface area contributed by atoms with Gasteiger partial charge in [-0.05, 0) is 66.8 Å². The quantitative estimate of drug-likeness (QED) is 0.313. The van der Waals surface area contributed by atoms with Gasteiger partial charge in [0.1, 0.15) is 17.5 Å². The maximum Gasteiger partial charge on any atom is 0.317 e. The van der Waals surface area contributed by atoms with Gasteiger partial charge in [-0.3, -0.25) is 19.3 Å². The second-order valence-electron chi connectivity index (χ2n) is 9.02. The molecule has 0 radical (unpaired) electrons. The molecule has 5 rings (SSSR count). The summed E-state index contributed by atoms with van der Waals surface area (Å²) in [6.07, 6.45) is 0.309. The Balaban J connectivity index is 1.71. The summed E-state index contributed by atoms with van der Waals surface area (Å²) in [5, 5.41) is 1.90. The molecule has 0 unspecified atom stereocenters. The van der Waals surface area contributed by atoms with Crippen LogP contribution in [-0.2, 0) is 19.1 Å². The Morgan fingerprint density at radius 2 is 1.86 bits per heavy atom. The fourth-order valence-corrected chi connectivity index (χ4v) is 6.20. The van der Waals surface area contributed by atoms with Gasteiger partial charge in [-0.15, -0.1) is 11.3 Å². The topological polar surface area (TPSA) is 72.9 Å². The number of anilines is 1. The van der Waals surface area contributed by atoms with E-state index in [0.717, 1.165) is 10.4 Å². The van der Waals surface area contributed by atoms with Gasteiger partial charge in [0.15, 0.2) is 5.78 Å². The van der Waals surface area contributed by atoms with Gasteiger partial charge in [-0.25, -0.2) is 4.39 Å².